The maximum Gasteiger partial charge on any atom is 0.129 e. The molecule has 1 fully saturated rings. The van der Waals surface area contributed by atoms with Crippen LogP contribution in [0.1, 0.15) is 51.8 Å². The molecule has 0 amide bonds. The van der Waals surface area contributed by atoms with Gasteiger partial charge in [0.2, 0.25) is 0 Å². The summed E-state index contributed by atoms with van der Waals surface area (Å²) < 4.78 is 0. The van der Waals surface area contributed by atoms with Crippen LogP contribution in [-0.2, 0) is 13.0 Å². The number of hydrogen-bond donors (Lipinski definition) is 1. The Kier molecular flexibility index (Phi) is 4.46. The molecule has 3 nitrogen and oxygen atoms in total. The molecule has 2 heterocycles. The normalized spacial score (nSPS) is 16.1. The lowest BCUT2D eigenvalue weighted by Crippen LogP contribution is -2.35. The first-order valence-electron chi connectivity index (χ1n) is 7.48. The van der Waals surface area contributed by atoms with Gasteiger partial charge in [-0.3, -0.25) is 0 Å². The minimum absolute atomic E-state index is 0.156. The number of aryl methyl sites for hydroxylation is 1. The molecule has 1 N–H and O–H groups in total. The summed E-state index contributed by atoms with van der Waals surface area (Å²) in [6.45, 7) is 12.0. The first-order valence-corrected chi connectivity index (χ1v) is 7.48. The lowest BCUT2D eigenvalue weighted by Gasteiger charge is -2.22. The van der Waals surface area contributed by atoms with E-state index < -0.39 is 0 Å². The monoisotopic (exact) mass is 261 g/mol. The number of nitrogens with zero attached hydrogens (tertiary/aromatic N) is 2. The molecule has 1 saturated heterocycles. The minimum atomic E-state index is 0.156. The van der Waals surface area contributed by atoms with E-state index in [1.165, 1.54) is 29.9 Å². The van der Waals surface area contributed by atoms with Gasteiger partial charge in [-0.15, -0.1) is 0 Å². The molecule has 3 heteroatoms. The fourth-order valence-electron chi connectivity index (χ4n) is 2.39. The number of nitrogens with one attached hydrogen (secondary N) is 1. The van der Waals surface area contributed by atoms with Crippen molar-refractivity contribution in [3.63, 3.8) is 0 Å². The van der Waals surface area contributed by atoms with Gasteiger partial charge in [0.25, 0.3) is 0 Å². The molecule has 0 spiro atoms. The van der Waals surface area contributed by atoms with E-state index in [2.05, 4.69) is 50.0 Å². The van der Waals surface area contributed by atoms with Crippen molar-refractivity contribution in [1.82, 2.24) is 10.3 Å². The van der Waals surface area contributed by atoms with Gasteiger partial charge >= 0.3 is 0 Å². The highest BCUT2D eigenvalue weighted by atomic mass is 15.2. The highest BCUT2D eigenvalue weighted by Crippen LogP contribution is 2.20. The van der Waals surface area contributed by atoms with Crippen molar-refractivity contribution in [3.05, 3.63) is 23.4 Å². The highest BCUT2D eigenvalue weighted by molar-refractivity contribution is 5.43. The van der Waals surface area contributed by atoms with Crippen LogP contribution in [0, 0.1) is 0 Å². The topological polar surface area (TPSA) is 28.2 Å². The van der Waals surface area contributed by atoms with Crippen molar-refractivity contribution in [2.24, 2.45) is 0 Å². The van der Waals surface area contributed by atoms with Gasteiger partial charge in [0.15, 0.2) is 0 Å². The van der Waals surface area contributed by atoms with E-state index in [1.54, 1.807) is 0 Å². The van der Waals surface area contributed by atoms with Gasteiger partial charge in [0, 0.05) is 30.9 Å². The molecular formula is C16H27N3. The van der Waals surface area contributed by atoms with E-state index in [-0.39, 0.29) is 5.54 Å². The molecule has 1 aromatic heterocycles. The molecule has 0 unspecified atom stereocenters. The number of aromatic nitrogens is 1. The van der Waals surface area contributed by atoms with Gasteiger partial charge < -0.3 is 10.2 Å². The molecule has 1 aliphatic rings. The predicted octanol–water partition coefficient (Wildman–Crippen LogP) is 3.13. The molecule has 0 aliphatic carbocycles. The zero-order chi connectivity index (χ0) is 13.9. The predicted molar refractivity (Wildman–Crippen MR) is 81.7 cm³/mol. The van der Waals surface area contributed by atoms with E-state index in [0.29, 0.717) is 0 Å². The van der Waals surface area contributed by atoms with Crippen molar-refractivity contribution in [2.75, 3.05) is 18.0 Å². The number of rotatable bonds is 4. The molecule has 0 aromatic carbocycles. The van der Waals surface area contributed by atoms with Gasteiger partial charge in [-0.2, -0.15) is 0 Å². The van der Waals surface area contributed by atoms with E-state index >= 15 is 0 Å². The third kappa shape index (κ3) is 4.20. The molecule has 2 rings (SSSR count). The first kappa shape index (κ1) is 14.3. The third-order valence-electron chi connectivity index (χ3n) is 3.54. The fraction of sp³-hybridized carbons (Fsp3) is 0.688. The molecular weight excluding hydrogens is 234 g/mol. The zero-order valence-corrected chi connectivity index (χ0v) is 12.8. The zero-order valence-electron chi connectivity index (χ0n) is 12.8. The van der Waals surface area contributed by atoms with E-state index in [0.717, 1.165) is 26.1 Å². The smallest absolute Gasteiger partial charge is 0.129 e. The minimum Gasteiger partial charge on any atom is -0.357 e. The highest BCUT2D eigenvalue weighted by Gasteiger charge is 2.15. The van der Waals surface area contributed by atoms with Gasteiger partial charge in [-0.1, -0.05) is 6.92 Å². The Labute approximate surface area is 117 Å². The molecule has 1 aliphatic heterocycles. The van der Waals surface area contributed by atoms with Crippen LogP contribution in [0.5, 0.6) is 0 Å². The second kappa shape index (κ2) is 5.91. The van der Waals surface area contributed by atoms with Crippen LogP contribution < -0.4 is 10.2 Å². The third-order valence-corrected chi connectivity index (χ3v) is 3.54. The Balaban J connectivity index is 2.15. The summed E-state index contributed by atoms with van der Waals surface area (Å²) in [6, 6.07) is 4.49. The Morgan fingerprint density at radius 2 is 1.89 bits per heavy atom. The molecule has 0 saturated carbocycles. The van der Waals surface area contributed by atoms with Crippen LogP contribution in [0.4, 0.5) is 5.82 Å². The standard InChI is InChI=1S/C16H27N3/c1-5-14-10-13(12-17-16(2,3)4)11-15(18-14)19-8-6-7-9-19/h10-11,17H,5-9,12H2,1-4H3. The lowest BCUT2D eigenvalue weighted by atomic mass is 10.1. The van der Waals surface area contributed by atoms with Crippen LogP contribution in [-0.4, -0.2) is 23.6 Å². The van der Waals surface area contributed by atoms with Crippen LogP contribution >= 0.6 is 0 Å². The molecule has 0 bridgehead atoms. The summed E-state index contributed by atoms with van der Waals surface area (Å²) in [7, 11) is 0. The Morgan fingerprint density at radius 3 is 2.47 bits per heavy atom. The summed E-state index contributed by atoms with van der Waals surface area (Å²) in [6.07, 6.45) is 3.60. The van der Waals surface area contributed by atoms with Crippen LogP contribution in [0.3, 0.4) is 0 Å². The summed E-state index contributed by atoms with van der Waals surface area (Å²) in [5.41, 5.74) is 2.71. The summed E-state index contributed by atoms with van der Waals surface area (Å²) in [5, 5.41) is 3.56. The van der Waals surface area contributed by atoms with Crippen LogP contribution in [0.2, 0.25) is 0 Å². The quantitative estimate of drug-likeness (QED) is 0.902. The molecule has 1 aromatic rings. The molecule has 106 valence electrons. The number of pyridine rings is 1. The van der Waals surface area contributed by atoms with Gasteiger partial charge in [-0.05, 0) is 57.7 Å². The van der Waals surface area contributed by atoms with Crippen molar-refractivity contribution >= 4 is 5.82 Å². The molecule has 19 heavy (non-hydrogen) atoms. The maximum atomic E-state index is 4.78. The average Bonchev–Trinajstić information content (AvgIpc) is 2.89. The molecule has 0 atom stereocenters. The summed E-state index contributed by atoms with van der Waals surface area (Å²) in [5.74, 6) is 1.17. The van der Waals surface area contributed by atoms with Crippen LogP contribution in [0.25, 0.3) is 0 Å². The summed E-state index contributed by atoms with van der Waals surface area (Å²) >= 11 is 0. The van der Waals surface area contributed by atoms with Gasteiger partial charge in [0.05, 0.1) is 0 Å². The Morgan fingerprint density at radius 1 is 1.21 bits per heavy atom. The van der Waals surface area contributed by atoms with Crippen molar-refractivity contribution in [3.8, 4) is 0 Å². The van der Waals surface area contributed by atoms with Crippen molar-refractivity contribution in [2.45, 2.75) is 59.0 Å². The second-order valence-corrected chi connectivity index (χ2v) is 6.48. The van der Waals surface area contributed by atoms with E-state index in [1.807, 2.05) is 0 Å². The van der Waals surface area contributed by atoms with E-state index in [9.17, 15) is 0 Å². The number of anilines is 1. The average molecular weight is 261 g/mol. The van der Waals surface area contributed by atoms with E-state index in [4.69, 9.17) is 4.98 Å². The van der Waals surface area contributed by atoms with Gasteiger partial charge in [-0.25, -0.2) is 4.98 Å². The Bertz CT molecular complexity index is 414. The number of hydrogen-bond acceptors (Lipinski definition) is 3. The van der Waals surface area contributed by atoms with Gasteiger partial charge in [0.1, 0.15) is 5.82 Å². The largest absolute Gasteiger partial charge is 0.357 e. The fourth-order valence-corrected chi connectivity index (χ4v) is 2.39. The first-order chi connectivity index (χ1) is 8.98. The Hall–Kier alpha value is -1.09. The second-order valence-electron chi connectivity index (χ2n) is 6.48. The van der Waals surface area contributed by atoms with Crippen molar-refractivity contribution in [1.29, 1.82) is 0 Å². The molecule has 0 radical (unpaired) electrons. The SMILES string of the molecule is CCc1cc(CNC(C)(C)C)cc(N2CCCC2)n1. The lowest BCUT2D eigenvalue weighted by molar-refractivity contribution is 0.424. The summed E-state index contributed by atoms with van der Waals surface area (Å²) in [4.78, 5) is 7.19. The van der Waals surface area contributed by atoms with Crippen molar-refractivity contribution < 1.29 is 0 Å². The maximum absolute atomic E-state index is 4.78. The van der Waals surface area contributed by atoms with Crippen LogP contribution in [0.15, 0.2) is 12.1 Å².